The third-order valence-corrected chi connectivity index (χ3v) is 2.44. The van der Waals surface area contributed by atoms with Crippen LogP contribution in [0, 0.1) is 0 Å². The number of hydrogen-bond donors (Lipinski definition) is 2. The molecule has 0 unspecified atom stereocenters. The largest absolute Gasteiger partial charge is 0.493 e. The van der Waals surface area contributed by atoms with Gasteiger partial charge in [-0.05, 0) is 13.0 Å². The van der Waals surface area contributed by atoms with Crippen molar-refractivity contribution in [2.45, 2.75) is 19.4 Å². The summed E-state index contributed by atoms with van der Waals surface area (Å²) < 4.78 is 10.4. The van der Waals surface area contributed by atoms with Crippen molar-refractivity contribution in [2.24, 2.45) is 5.73 Å². The first-order valence-electron chi connectivity index (χ1n) is 5.74. The molecule has 18 heavy (non-hydrogen) atoms. The number of pyridine rings is 1. The highest BCUT2D eigenvalue weighted by Crippen LogP contribution is 2.28. The Labute approximate surface area is 106 Å². The number of nitrogens with two attached hydrogens (primary N) is 1. The summed E-state index contributed by atoms with van der Waals surface area (Å²) in [5, 5.41) is 3.18. The zero-order chi connectivity index (χ0) is 13.4. The number of ether oxygens (including phenoxy) is 2. The van der Waals surface area contributed by atoms with Crippen LogP contribution in [0.15, 0.2) is 12.3 Å². The second-order valence-electron chi connectivity index (χ2n) is 3.74. The third-order valence-electron chi connectivity index (χ3n) is 2.44. The van der Waals surface area contributed by atoms with Gasteiger partial charge in [-0.3, -0.25) is 9.78 Å². The van der Waals surface area contributed by atoms with E-state index < -0.39 is 0 Å². The molecule has 6 heteroatoms. The quantitative estimate of drug-likeness (QED) is 0.657. The number of primary amides is 1. The predicted octanol–water partition coefficient (Wildman–Crippen LogP) is 0.454. The molecule has 1 aromatic heterocycles. The molecule has 0 aliphatic heterocycles. The summed E-state index contributed by atoms with van der Waals surface area (Å²) >= 11 is 0. The van der Waals surface area contributed by atoms with E-state index in [1.165, 1.54) is 0 Å². The maximum absolute atomic E-state index is 10.6. The van der Waals surface area contributed by atoms with E-state index >= 15 is 0 Å². The van der Waals surface area contributed by atoms with E-state index in [1.54, 1.807) is 26.5 Å². The Kier molecular flexibility index (Phi) is 5.93. The van der Waals surface area contributed by atoms with E-state index in [-0.39, 0.29) is 5.91 Å². The summed E-state index contributed by atoms with van der Waals surface area (Å²) in [6.45, 7) is 1.25. The number of amides is 1. The van der Waals surface area contributed by atoms with Crippen molar-refractivity contribution in [3.8, 4) is 11.5 Å². The number of nitrogens with zero attached hydrogens (tertiary/aromatic N) is 1. The van der Waals surface area contributed by atoms with Crippen LogP contribution in [0.4, 0.5) is 0 Å². The zero-order valence-electron chi connectivity index (χ0n) is 10.7. The fourth-order valence-corrected chi connectivity index (χ4v) is 1.57. The summed E-state index contributed by atoms with van der Waals surface area (Å²) in [5.74, 6) is 0.998. The van der Waals surface area contributed by atoms with Crippen LogP contribution in [0.25, 0.3) is 0 Å². The second-order valence-corrected chi connectivity index (χ2v) is 3.74. The van der Waals surface area contributed by atoms with Crippen LogP contribution in [-0.2, 0) is 11.3 Å². The number of aromatic nitrogens is 1. The summed E-state index contributed by atoms with van der Waals surface area (Å²) in [4.78, 5) is 14.8. The van der Waals surface area contributed by atoms with E-state index in [9.17, 15) is 4.79 Å². The number of carbonyl (C=O) groups excluding carboxylic acids is 1. The van der Waals surface area contributed by atoms with Crippen molar-refractivity contribution in [1.82, 2.24) is 10.3 Å². The molecule has 0 aliphatic rings. The normalized spacial score (nSPS) is 10.1. The minimum atomic E-state index is -0.283. The Hall–Kier alpha value is -1.82. The molecule has 0 radical (unpaired) electrons. The minimum Gasteiger partial charge on any atom is -0.493 e. The molecular formula is C12H19N3O3. The first-order chi connectivity index (χ1) is 8.69. The number of hydrogen-bond acceptors (Lipinski definition) is 5. The highest BCUT2D eigenvalue weighted by atomic mass is 16.5. The molecule has 1 aromatic rings. The van der Waals surface area contributed by atoms with Crippen molar-refractivity contribution in [1.29, 1.82) is 0 Å². The standard InChI is InChI=1S/C12H19N3O3/c1-17-10-5-7-15-9(12(10)18-2)8-14-6-3-4-11(13)16/h5,7,14H,3-4,6,8H2,1-2H3,(H2,13,16). The van der Waals surface area contributed by atoms with E-state index in [0.717, 1.165) is 5.69 Å². The molecule has 1 rings (SSSR count). The van der Waals surface area contributed by atoms with E-state index in [0.29, 0.717) is 37.4 Å². The van der Waals surface area contributed by atoms with Gasteiger partial charge in [0.1, 0.15) is 0 Å². The summed E-state index contributed by atoms with van der Waals surface area (Å²) in [7, 11) is 3.16. The van der Waals surface area contributed by atoms with Gasteiger partial charge in [-0.2, -0.15) is 0 Å². The molecule has 0 bridgehead atoms. The highest BCUT2D eigenvalue weighted by molar-refractivity contribution is 5.73. The van der Waals surface area contributed by atoms with Crippen LogP contribution in [-0.4, -0.2) is 31.7 Å². The molecule has 1 amide bonds. The number of carbonyl (C=O) groups is 1. The topological polar surface area (TPSA) is 86.5 Å². The van der Waals surface area contributed by atoms with E-state index in [4.69, 9.17) is 15.2 Å². The maximum atomic E-state index is 10.6. The molecule has 0 spiro atoms. The lowest BCUT2D eigenvalue weighted by atomic mass is 10.2. The Balaban J connectivity index is 2.49. The molecule has 0 fully saturated rings. The average molecular weight is 253 g/mol. The SMILES string of the molecule is COc1ccnc(CNCCCC(N)=O)c1OC. The van der Waals surface area contributed by atoms with Crippen LogP contribution in [0.2, 0.25) is 0 Å². The Morgan fingerprint density at radius 1 is 1.44 bits per heavy atom. The van der Waals surface area contributed by atoms with Gasteiger partial charge in [0.15, 0.2) is 11.5 Å². The molecule has 0 saturated carbocycles. The van der Waals surface area contributed by atoms with Crippen LogP contribution in [0.3, 0.4) is 0 Å². The molecule has 0 aliphatic carbocycles. The second kappa shape index (κ2) is 7.50. The van der Waals surface area contributed by atoms with Crippen molar-refractivity contribution in [2.75, 3.05) is 20.8 Å². The van der Waals surface area contributed by atoms with E-state index in [1.807, 2.05) is 0 Å². The summed E-state index contributed by atoms with van der Waals surface area (Å²) in [5.41, 5.74) is 5.83. The lowest BCUT2D eigenvalue weighted by Crippen LogP contribution is -2.19. The smallest absolute Gasteiger partial charge is 0.217 e. The lowest BCUT2D eigenvalue weighted by molar-refractivity contribution is -0.118. The molecule has 6 nitrogen and oxygen atoms in total. The van der Waals surface area contributed by atoms with Gasteiger partial charge in [0.25, 0.3) is 0 Å². The molecule has 100 valence electrons. The van der Waals surface area contributed by atoms with Crippen molar-refractivity contribution in [3.05, 3.63) is 18.0 Å². The van der Waals surface area contributed by atoms with Gasteiger partial charge >= 0.3 is 0 Å². The van der Waals surface area contributed by atoms with Gasteiger partial charge < -0.3 is 20.5 Å². The van der Waals surface area contributed by atoms with Gasteiger partial charge in [-0.1, -0.05) is 0 Å². The third kappa shape index (κ3) is 4.21. The van der Waals surface area contributed by atoms with Gasteiger partial charge in [-0.15, -0.1) is 0 Å². The lowest BCUT2D eigenvalue weighted by Gasteiger charge is -2.11. The monoisotopic (exact) mass is 253 g/mol. The first kappa shape index (κ1) is 14.2. The Bertz CT molecular complexity index is 396. The Morgan fingerprint density at radius 3 is 2.83 bits per heavy atom. The molecule has 1 heterocycles. The van der Waals surface area contributed by atoms with Gasteiger partial charge in [-0.25, -0.2) is 0 Å². The minimum absolute atomic E-state index is 0.283. The molecular weight excluding hydrogens is 234 g/mol. The van der Waals surface area contributed by atoms with Crippen molar-refractivity contribution in [3.63, 3.8) is 0 Å². The zero-order valence-corrected chi connectivity index (χ0v) is 10.7. The number of rotatable bonds is 8. The number of nitrogens with one attached hydrogen (secondary N) is 1. The van der Waals surface area contributed by atoms with Crippen LogP contribution in [0.5, 0.6) is 11.5 Å². The van der Waals surface area contributed by atoms with Crippen LogP contribution >= 0.6 is 0 Å². The molecule has 0 atom stereocenters. The van der Waals surface area contributed by atoms with Gasteiger partial charge in [0.2, 0.25) is 5.91 Å². The Morgan fingerprint density at radius 2 is 2.22 bits per heavy atom. The van der Waals surface area contributed by atoms with Crippen LogP contribution in [0.1, 0.15) is 18.5 Å². The molecule has 0 aromatic carbocycles. The summed E-state index contributed by atoms with van der Waals surface area (Å²) in [6, 6.07) is 1.75. The highest BCUT2D eigenvalue weighted by Gasteiger charge is 2.10. The number of methoxy groups -OCH3 is 2. The van der Waals surface area contributed by atoms with Crippen molar-refractivity contribution < 1.29 is 14.3 Å². The van der Waals surface area contributed by atoms with Gasteiger partial charge in [0, 0.05) is 25.2 Å². The van der Waals surface area contributed by atoms with Gasteiger partial charge in [0.05, 0.1) is 19.9 Å². The fraction of sp³-hybridized carbons (Fsp3) is 0.500. The van der Waals surface area contributed by atoms with E-state index in [2.05, 4.69) is 10.3 Å². The molecule has 3 N–H and O–H groups in total. The summed E-state index contributed by atoms with van der Waals surface area (Å²) in [6.07, 6.45) is 2.76. The first-order valence-corrected chi connectivity index (χ1v) is 5.74. The van der Waals surface area contributed by atoms with Crippen molar-refractivity contribution >= 4 is 5.91 Å². The van der Waals surface area contributed by atoms with Crippen LogP contribution < -0.4 is 20.5 Å². The fourth-order valence-electron chi connectivity index (χ4n) is 1.57. The maximum Gasteiger partial charge on any atom is 0.217 e. The molecule has 0 saturated heterocycles. The average Bonchev–Trinajstić information content (AvgIpc) is 2.37. The predicted molar refractivity (Wildman–Crippen MR) is 67.5 cm³/mol.